The van der Waals surface area contributed by atoms with Gasteiger partial charge in [-0.15, -0.1) is 0 Å². The molecule has 2 unspecified atom stereocenters. The van der Waals surface area contributed by atoms with E-state index in [1.54, 1.807) is 24.3 Å². The average molecular weight is 375 g/mol. The van der Waals surface area contributed by atoms with E-state index in [1.807, 2.05) is 6.08 Å². The summed E-state index contributed by atoms with van der Waals surface area (Å²) in [5.41, 5.74) is -0.721. The first-order chi connectivity index (χ1) is 12.9. The third-order valence-corrected chi connectivity index (χ3v) is 4.80. The number of rotatable bonds is 8. The zero-order valence-electron chi connectivity index (χ0n) is 16.4. The van der Waals surface area contributed by atoms with E-state index < -0.39 is 17.8 Å². The molecule has 0 amide bonds. The number of carbonyl (C=O) groups excluding carboxylic acids is 1. The molecule has 1 fully saturated rings. The number of allylic oxidation sites excluding steroid dienone is 4. The van der Waals surface area contributed by atoms with Crippen LogP contribution >= 0.6 is 0 Å². The minimum Gasteiger partial charge on any atom is -0.390 e. The molecule has 0 saturated heterocycles. The first-order valence-electron chi connectivity index (χ1n) is 10.0. The van der Waals surface area contributed by atoms with Gasteiger partial charge >= 0.3 is 0 Å². The van der Waals surface area contributed by atoms with Gasteiger partial charge in [0.15, 0.2) is 0 Å². The fourth-order valence-electron chi connectivity index (χ4n) is 3.12. The van der Waals surface area contributed by atoms with Gasteiger partial charge in [-0.05, 0) is 50.8 Å². The Labute approximate surface area is 163 Å². The monoisotopic (exact) mass is 374 g/mol. The van der Waals surface area contributed by atoms with E-state index in [1.165, 1.54) is 32.3 Å². The van der Waals surface area contributed by atoms with Crippen molar-refractivity contribution in [1.82, 2.24) is 0 Å². The van der Waals surface area contributed by atoms with Gasteiger partial charge in [0, 0.05) is 6.42 Å². The van der Waals surface area contributed by atoms with Crippen LogP contribution in [0.5, 0.6) is 0 Å². The van der Waals surface area contributed by atoms with Crippen LogP contribution in [0.4, 0.5) is 0 Å². The van der Waals surface area contributed by atoms with Gasteiger partial charge in [-0.3, -0.25) is 0 Å². The summed E-state index contributed by atoms with van der Waals surface area (Å²) in [6.07, 6.45) is 16.9. The number of hydrogen-bond acceptors (Lipinski definition) is 4. The maximum Gasteiger partial charge on any atom is 0.129 e. The van der Waals surface area contributed by atoms with Gasteiger partial charge in [0.05, 0.1) is 17.8 Å². The molecule has 1 aliphatic carbocycles. The maximum absolute atomic E-state index is 10.9. The Hall–Kier alpha value is -1.67. The fourth-order valence-corrected chi connectivity index (χ4v) is 3.12. The molecule has 0 aliphatic heterocycles. The molecule has 4 nitrogen and oxygen atoms in total. The molecular formula is C23H34O4. The first kappa shape index (κ1) is 23.4. The van der Waals surface area contributed by atoms with Crippen LogP contribution < -0.4 is 0 Å². The maximum atomic E-state index is 10.9. The van der Waals surface area contributed by atoms with Crippen LogP contribution in [0.2, 0.25) is 0 Å². The molecule has 0 aromatic carbocycles. The molecule has 0 aromatic heterocycles. The topological polar surface area (TPSA) is 77.8 Å². The molecule has 3 N–H and O–H groups in total. The molecule has 0 aromatic rings. The molecular weight excluding hydrogens is 340 g/mol. The molecule has 150 valence electrons. The van der Waals surface area contributed by atoms with Crippen molar-refractivity contribution < 1.29 is 20.1 Å². The number of ketones is 1. The largest absolute Gasteiger partial charge is 0.390 e. The van der Waals surface area contributed by atoms with E-state index >= 15 is 0 Å². The summed E-state index contributed by atoms with van der Waals surface area (Å²) in [4.78, 5) is 10.9. The highest BCUT2D eigenvalue weighted by Crippen LogP contribution is 2.27. The molecule has 27 heavy (non-hydrogen) atoms. The van der Waals surface area contributed by atoms with Crippen LogP contribution in [0, 0.1) is 11.8 Å². The lowest BCUT2D eigenvalue weighted by molar-refractivity contribution is -0.117. The lowest BCUT2D eigenvalue weighted by Gasteiger charge is -2.26. The van der Waals surface area contributed by atoms with E-state index in [0.717, 1.165) is 25.7 Å². The van der Waals surface area contributed by atoms with Gasteiger partial charge in [0.25, 0.3) is 0 Å². The van der Waals surface area contributed by atoms with Crippen LogP contribution in [0.15, 0.2) is 36.5 Å². The first-order valence-corrected chi connectivity index (χ1v) is 10.0. The van der Waals surface area contributed by atoms with Crippen LogP contribution in [0.1, 0.15) is 71.1 Å². The van der Waals surface area contributed by atoms with Crippen molar-refractivity contribution in [3.8, 4) is 11.8 Å². The molecule has 0 heterocycles. The molecule has 2 atom stereocenters. The van der Waals surface area contributed by atoms with Crippen LogP contribution in [0.3, 0.4) is 0 Å². The Kier molecular flexibility index (Phi) is 11.7. The van der Waals surface area contributed by atoms with Gasteiger partial charge in [0.1, 0.15) is 5.78 Å². The highest BCUT2D eigenvalue weighted by molar-refractivity contribution is 5.75. The Balaban J connectivity index is 2.35. The summed E-state index contributed by atoms with van der Waals surface area (Å²) in [5.74, 6) is 5.83. The van der Waals surface area contributed by atoms with Crippen molar-refractivity contribution >= 4 is 5.78 Å². The Morgan fingerprint density at radius 3 is 2.33 bits per heavy atom. The van der Waals surface area contributed by atoms with Crippen molar-refractivity contribution in [2.45, 2.75) is 88.9 Å². The summed E-state index contributed by atoms with van der Waals surface area (Å²) in [6.45, 7) is 1.52. The van der Waals surface area contributed by atoms with E-state index in [-0.39, 0.29) is 5.78 Å². The van der Waals surface area contributed by atoms with E-state index in [2.05, 4.69) is 11.8 Å². The minimum absolute atomic E-state index is 0.0875. The minimum atomic E-state index is -0.956. The van der Waals surface area contributed by atoms with Gasteiger partial charge in [-0.25, -0.2) is 0 Å². The molecule has 4 heteroatoms. The summed E-state index contributed by atoms with van der Waals surface area (Å²) in [6, 6.07) is 0. The van der Waals surface area contributed by atoms with Crippen LogP contribution in [-0.2, 0) is 4.79 Å². The lowest BCUT2D eigenvalue weighted by Crippen LogP contribution is -2.26. The molecule has 0 bridgehead atoms. The Bertz CT molecular complexity index is 569. The van der Waals surface area contributed by atoms with Gasteiger partial charge < -0.3 is 20.1 Å². The third kappa shape index (κ3) is 11.6. The molecule has 1 rings (SSSR count). The molecule has 0 radical (unpaired) electrons. The highest BCUT2D eigenvalue weighted by atomic mass is 16.3. The Morgan fingerprint density at radius 1 is 1.04 bits per heavy atom. The van der Waals surface area contributed by atoms with E-state index in [4.69, 9.17) is 0 Å². The summed E-state index contributed by atoms with van der Waals surface area (Å²) >= 11 is 0. The summed E-state index contributed by atoms with van der Waals surface area (Å²) < 4.78 is 0. The second-order valence-corrected chi connectivity index (χ2v) is 7.39. The number of carbonyl (C=O) groups is 1. The zero-order chi connectivity index (χ0) is 20.0. The SMILES string of the molecule is CC(=O)CCCC(O)C(O)/C=C/C=C/C#C/C=C/C1(O)CCCCCCC1. The Morgan fingerprint density at radius 2 is 1.67 bits per heavy atom. The van der Waals surface area contributed by atoms with Crippen LogP contribution in [0.25, 0.3) is 0 Å². The third-order valence-electron chi connectivity index (χ3n) is 4.80. The predicted octanol–water partition coefficient (Wildman–Crippen LogP) is 3.61. The summed E-state index contributed by atoms with van der Waals surface area (Å²) in [5, 5.41) is 30.2. The molecule has 1 saturated carbocycles. The molecule has 0 spiro atoms. The zero-order valence-corrected chi connectivity index (χ0v) is 16.4. The predicted molar refractivity (Wildman–Crippen MR) is 109 cm³/mol. The van der Waals surface area contributed by atoms with Crippen molar-refractivity contribution in [2.24, 2.45) is 0 Å². The van der Waals surface area contributed by atoms with Gasteiger partial charge in [-0.1, -0.05) is 62.2 Å². The second kappa shape index (κ2) is 13.5. The second-order valence-electron chi connectivity index (χ2n) is 7.39. The van der Waals surface area contributed by atoms with Crippen molar-refractivity contribution in [3.63, 3.8) is 0 Å². The standard InChI is InChI=1S/C23H34O4/c1-20(24)14-13-16-22(26)21(25)15-9-5-2-3-6-10-17-23(27)18-11-7-4-8-12-19-23/h2,5,9-10,15,17,21-22,25-27H,4,7-8,11-14,16,18-19H2,1H3/b5-2+,15-9+,17-10+. The van der Waals surface area contributed by atoms with E-state index in [0.29, 0.717) is 19.3 Å². The number of aliphatic hydroxyl groups is 3. The van der Waals surface area contributed by atoms with Crippen molar-refractivity contribution in [1.29, 1.82) is 0 Å². The number of aliphatic hydroxyl groups excluding tert-OH is 2. The van der Waals surface area contributed by atoms with E-state index in [9.17, 15) is 20.1 Å². The molecule has 1 aliphatic rings. The number of Topliss-reactive ketones (excluding diaryl/α,β-unsaturated/α-hetero) is 1. The highest BCUT2D eigenvalue weighted by Gasteiger charge is 2.23. The average Bonchev–Trinajstić information content (AvgIpc) is 2.60. The number of hydrogen-bond donors (Lipinski definition) is 3. The van der Waals surface area contributed by atoms with Gasteiger partial charge in [0.2, 0.25) is 0 Å². The van der Waals surface area contributed by atoms with Gasteiger partial charge in [-0.2, -0.15) is 0 Å². The quantitative estimate of drug-likeness (QED) is 0.448. The van der Waals surface area contributed by atoms with Crippen molar-refractivity contribution in [2.75, 3.05) is 0 Å². The lowest BCUT2D eigenvalue weighted by atomic mass is 9.87. The summed E-state index contributed by atoms with van der Waals surface area (Å²) in [7, 11) is 0. The van der Waals surface area contributed by atoms with Crippen LogP contribution in [-0.4, -0.2) is 38.9 Å². The fraction of sp³-hybridized carbons (Fsp3) is 0.609. The van der Waals surface area contributed by atoms with Crippen molar-refractivity contribution in [3.05, 3.63) is 36.5 Å². The smallest absolute Gasteiger partial charge is 0.129 e. The normalized spacial score (nSPS) is 20.1.